The fraction of sp³-hybridized carbons (Fsp3) is 0.391. The molecule has 0 aromatic heterocycles. The minimum Gasteiger partial charge on any atom is -0.493 e. The molecule has 0 aliphatic carbocycles. The van der Waals surface area contributed by atoms with Gasteiger partial charge in [0.25, 0.3) is 5.91 Å². The quantitative estimate of drug-likeness (QED) is 0.757. The van der Waals surface area contributed by atoms with Crippen LogP contribution in [0.15, 0.2) is 42.5 Å². The molecule has 2 aromatic rings. The summed E-state index contributed by atoms with van der Waals surface area (Å²) in [4.78, 5) is 31.7. The number of benzene rings is 2. The smallest absolute Gasteiger partial charge is 0.257 e. The van der Waals surface area contributed by atoms with Gasteiger partial charge in [0.1, 0.15) is 0 Å². The minimum atomic E-state index is -0.0785. The second-order valence-corrected chi connectivity index (χ2v) is 7.53. The highest BCUT2D eigenvalue weighted by atomic mass is 16.5. The third-order valence-corrected chi connectivity index (χ3v) is 5.84. The van der Waals surface area contributed by atoms with Gasteiger partial charge < -0.3 is 19.3 Å². The number of rotatable bonds is 5. The number of para-hydroxylation sites is 2. The van der Waals surface area contributed by atoms with E-state index in [9.17, 15) is 9.59 Å². The Labute approximate surface area is 176 Å². The first-order valence-corrected chi connectivity index (χ1v) is 10.2. The maximum absolute atomic E-state index is 13.0. The van der Waals surface area contributed by atoms with E-state index < -0.39 is 0 Å². The first kappa shape index (κ1) is 20.2. The Morgan fingerprint density at radius 3 is 2.40 bits per heavy atom. The lowest BCUT2D eigenvalue weighted by Gasteiger charge is -2.35. The highest BCUT2D eigenvalue weighted by molar-refractivity contribution is 5.98. The molecule has 0 radical (unpaired) electrons. The number of amides is 2. The standard InChI is InChI=1S/C23H27N3O4/c1-29-20-9-5-7-18(22(20)30-2)23(28)25-14-12-24(13-15-25)16-21(27)26-11-10-17-6-3-4-8-19(17)26/h3-9H,10-16H2,1-2H3. The SMILES string of the molecule is COc1cccc(C(=O)N2CCN(CC(=O)N3CCc4ccccc43)CC2)c1OC. The molecule has 158 valence electrons. The highest BCUT2D eigenvalue weighted by Crippen LogP contribution is 2.32. The van der Waals surface area contributed by atoms with Gasteiger partial charge in [-0.3, -0.25) is 14.5 Å². The van der Waals surface area contributed by atoms with Crippen LogP contribution in [0, 0.1) is 0 Å². The first-order valence-electron chi connectivity index (χ1n) is 10.2. The van der Waals surface area contributed by atoms with Crippen molar-refractivity contribution < 1.29 is 19.1 Å². The number of fused-ring (bicyclic) bond motifs is 1. The molecule has 7 nitrogen and oxygen atoms in total. The maximum Gasteiger partial charge on any atom is 0.257 e. The van der Waals surface area contributed by atoms with Gasteiger partial charge in [-0.25, -0.2) is 0 Å². The number of hydrogen-bond donors (Lipinski definition) is 0. The first-order chi connectivity index (χ1) is 14.6. The number of ether oxygens (including phenoxy) is 2. The molecule has 7 heteroatoms. The van der Waals surface area contributed by atoms with E-state index in [0.717, 1.165) is 18.7 Å². The molecule has 2 heterocycles. The van der Waals surface area contributed by atoms with Crippen molar-refractivity contribution in [1.29, 1.82) is 0 Å². The number of anilines is 1. The van der Waals surface area contributed by atoms with Crippen LogP contribution in [0.5, 0.6) is 11.5 Å². The van der Waals surface area contributed by atoms with E-state index in [1.807, 2.05) is 28.0 Å². The number of piperazine rings is 1. The molecule has 2 amide bonds. The van der Waals surface area contributed by atoms with Crippen LogP contribution in [-0.4, -0.2) is 75.1 Å². The van der Waals surface area contributed by atoms with Crippen LogP contribution >= 0.6 is 0 Å². The van der Waals surface area contributed by atoms with Crippen molar-refractivity contribution in [2.24, 2.45) is 0 Å². The molecule has 0 N–H and O–H groups in total. The van der Waals surface area contributed by atoms with Crippen molar-refractivity contribution in [2.75, 3.05) is 58.4 Å². The molecular weight excluding hydrogens is 382 g/mol. The van der Waals surface area contributed by atoms with Gasteiger partial charge in [0.15, 0.2) is 11.5 Å². The number of methoxy groups -OCH3 is 2. The molecule has 0 spiro atoms. The summed E-state index contributed by atoms with van der Waals surface area (Å²) in [7, 11) is 3.09. The molecule has 1 saturated heterocycles. The number of hydrogen-bond acceptors (Lipinski definition) is 5. The lowest BCUT2D eigenvalue weighted by atomic mass is 10.1. The fourth-order valence-electron chi connectivity index (χ4n) is 4.21. The van der Waals surface area contributed by atoms with Crippen LogP contribution in [0.2, 0.25) is 0 Å². The van der Waals surface area contributed by atoms with Crippen molar-refractivity contribution in [1.82, 2.24) is 9.80 Å². The van der Waals surface area contributed by atoms with E-state index in [2.05, 4.69) is 11.0 Å². The summed E-state index contributed by atoms with van der Waals surface area (Å²) in [5.74, 6) is 1.04. The van der Waals surface area contributed by atoms with Crippen molar-refractivity contribution in [3.63, 3.8) is 0 Å². The van der Waals surface area contributed by atoms with Crippen LogP contribution in [0.25, 0.3) is 0 Å². The molecule has 1 fully saturated rings. The van der Waals surface area contributed by atoms with Gasteiger partial charge in [-0.2, -0.15) is 0 Å². The average Bonchev–Trinajstić information content (AvgIpc) is 3.23. The topological polar surface area (TPSA) is 62.3 Å². The van der Waals surface area contributed by atoms with Crippen molar-refractivity contribution >= 4 is 17.5 Å². The summed E-state index contributed by atoms with van der Waals surface area (Å²) in [5, 5.41) is 0. The van der Waals surface area contributed by atoms with E-state index in [0.29, 0.717) is 49.8 Å². The Morgan fingerprint density at radius 2 is 1.67 bits per heavy atom. The number of carbonyl (C=O) groups is 2. The third kappa shape index (κ3) is 3.85. The van der Waals surface area contributed by atoms with E-state index in [-0.39, 0.29) is 11.8 Å². The van der Waals surface area contributed by atoms with Gasteiger partial charge in [0.05, 0.1) is 26.3 Å². The zero-order chi connectivity index (χ0) is 21.1. The van der Waals surface area contributed by atoms with Crippen LogP contribution in [-0.2, 0) is 11.2 Å². The maximum atomic E-state index is 13.0. The number of nitrogens with zero attached hydrogens (tertiary/aromatic N) is 3. The van der Waals surface area contributed by atoms with Gasteiger partial charge in [0.2, 0.25) is 5.91 Å². The molecule has 4 rings (SSSR count). The van der Waals surface area contributed by atoms with Crippen LogP contribution < -0.4 is 14.4 Å². The predicted molar refractivity (Wildman–Crippen MR) is 114 cm³/mol. The minimum absolute atomic E-state index is 0.0785. The summed E-state index contributed by atoms with van der Waals surface area (Å²) in [6.45, 7) is 3.59. The lowest BCUT2D eigenvalue weighted by Crippen LogP contribution is -2.51. The molecule has 2 aliphatic rings. The summed E-state index contributed by atoms with van der Waals surface area (Å²) < 4.78 is 10.7. The number of carbonyl (C=O) groups excluding carboxylic acids is 2. The van der Waals surface area contributed by atoms with E-state index in [1.165, 1.54) is 12.7 Å². The Bertz CT molecular complexity index is 938. The molecule has 0 atom stereocenters. The molecule has 2 aromatic carbocycles. The predicted octanol–water partition coefficient (Wildman–Crippen LogP) is 2.05. The Kier molecular flexibility index (Phi) is 5.90. The van der Waals surface area contributed by atoms with Crippen molar-refractivity contribution in [3.8, 4) is 11.5 Å². The van der Waals surface area contributed by atoms with Crippen LogP contribution in [0.1, 0.15) is 15.9 Å². The van der Waals surface area contributed by atoms with Gasteiger partial charge in [-0.15, -0.1) is 0 Å². The Balaban J connectivity index is 1.36. The summed E-state index contributed by atoms with van der Waals surface area (Å²) >= 11 is 0. The fourth-order valence-corrected chi connectivity index (χ4v) is 4.21. The monoisotopic (exact) mass is 409 g/mol. The van der Waals surface area contributed by atoms with E-state index in [4.69, 9.17) is 9.47 Å². The van der Waals surface area contributed by atoms with Gasteiger partial charge >= 0.3 is 0 Å². The molecule has 30 heavy (non-hydrogen) atoms. The summed E-state index contributed by atoms with van der Waals surface area (Å²) in [5.41, 5.74) is 2.75. The summed E-state index contributed by atoms with van der Waals surface area (Å²) in [6.07, 6.45) is 0.909. The third-order valence-electron chi connectivity index (χ3n) is 5.84. The Hall–Kier alpha value is -3.06. The zero-order valence-electron chi connectivity index (χ0n) is 17.5. The van der Waals surface area contributed by atoms with Crippen LogP contribution in [0.4, 0.5) is 5.69 Å². The second kappa shape index (κ2) is 8.75. The zero-order valence-corrected chi connectivity index (χ0v) is 17.5. The molecular formula is C23H27N3O4. The molecule has 0 bridgehead atoms. The summed E-state index contributed by atoms with van der Waals surface area (Å²) in [6, 6.07) is 13.4. The Morgan fingerprint density at radius 1 is 0.900 bits per heavy atom. The lowest BCUT2D eigenvalue weighted by molar-refractivity contribution is -0.120. The highest BCUT2D eigenvalue weighted by Gasteiger charge is 2.29. The molecule has 0 saturated carbocycles. The second-order valence-electron chi connectivity index (χ2n) is 7.53. The van der Waals surface area contributed by atoms with Gasteiger partial charge in [0, 0.05) is 38.4 Å². The van der Waals surface area contributed by atoms with Gasteiger partial charge in [-0.05, 0) is 30.2 Å². The van der Waals surface area contributed by atoms with Crippen LogP contribution in [0.3, 0.4) is 0 Å². The normalized spacial score (nSPS) is 16.3. The van der Waals surface area contributed by atoms with E-state index >= 15 is 0 Å². The van der Waals surface area contributed by atoms with Gasteiger partial charge in [-0.1, -0.05) is 24.3 Å². The van der Waals surface area contributed by atoms with Crippen molar-refractivity contribution in [2.45, 2.75) is 6.42 Å². The molecule has 2 aliphatic heterocycles. The molecule has 0 unspecified atom stereocenters. The van der Waals surface area contributed by atoms with Crippen molar-refractivity contribution in [3.05, 3.63) is 53.6 Å². The van der Waals surface area contributed by atoms with E-state index in [1.54, 1.807) is 25.3 Å². The largest absolute Gasteiger partial charge is 0.493 e. The average molecular weight is 409 g/mol.